The Hall–Kier alpha value is -3.75. The van der Waals surface area contributed by atoms with Gasteiger partial charge in [-0.3, -0.25) is 4.79 Å². The van der Waals surface area contributed by atoms with E-state index in [0.717, 1.165) is 5.69 Å². The SMILES string of the molecule is COc1ccc(NCC(=O)N/N=C\c2ccc(OC)c(OC)c2C(=O)[O-])cc1. The average Bonchev–Trinajstić information content (AvgIpc) is 2.71. The minimum Gasteiger partial charge on any atom is -0.545 e. The highest BCUT2D eigenvalue weighted by molar-refractivity contribution is 6.01. The van der Waals surface area contributed by atoms with Crippen molar-refractivity contribution in [2.45, 2.75) is 0 Å². The zero-order chi connectivity index (χ0) is 20.5. The molecule has 148 valence electrons. The van der Waals surface area contributed by atoms with E-state index in [1.54, 1.807) is 31.4 Å². The topological polar surface area (TPSA) is 121 Å². The number of nitrogens with one attached hydrogen (secondary N) is 2. The number of hydrazone groups is 1. The number of anilines is 1. The average molecular weight is 386 g/mol. The lowest BCUT2D eigenvalue weighted by Gasteiger charge is -2.15. The molecule has 0 aromatic heterocycles. The molecule has 0 saturated heterocycles. The molecule has 2 aromatic rings. The van der Waals surface area contributed by atoms with Gasteiger partial charge in [-0.05, 0) is 36.4 Å². The Labute approximate surface area is 161 Å². The van der Waals surface area contributed by atoms with Crippen LogP contribution in [0.3, 0.4) is 0 Å². The molecule has 0 radical (unpaired) electrons. The van der Waals surface area contributed by atoms with Crippen molar-refractivity contribution in [3.8, 4) is 17.2 Å². The van der Waals surface area contributed by atoms with E-state index >= 15 is 0 Å². The number of hydrogen-bond acceptors (Lipinski definition) is 8. The Balaban J connectivity index is 2.01. The number of carboxylic acids is 1. The third-order valence-corrected chi connectivity index (χ3v) is 3.72. The molecule has 0 unspecified atom stereocenters. The molecule has 0 spiro atoms. The monoisotopic (exact) mass is 386 g/mol. The Morgan fingerprint density at radius 3 is 2.32 bits per heavy atom. The molecule has 0 aliphatic heterocycles. The highest BCUT2D eigenvalue weighted by Gasteiger charge is 2.15. The third kappa shape index (κ3) is 5.13. The summed E-state index contributed by atoms with van der Waals surface area (Å²) in [6, 6.07) is 10.1. The first-order valence-electron chi connectivity index (χ1n) is 8.16. The molecule has 0 bridgehead atoms. The second-order valence-corrected chi connectivity index (χ2v) is 5.43. The Morgan fingerprint density at radius 1 is 1.04 bits per heavy atom. The number of nitrogens with zero attached hydrogens (tertiary/aromatic N) is 1. The van der Waals surface area contributed by atoms with Gasteiger partial charge >= 0.3 is 0 Å². The second kappa shape index (κ2) is 9.81. The normalized spacial score (nSPS) is 10.4. The number of carbonyl (C=O) groups excluding carboxylic acids is 2. The molecule has 2 rings (SSSR count). The number of amides is 1. The summed E-state index contributed by atoms with van der Waals surface area (Å²) in [6.07, 6.45) is 1.19. The first-order valence-corrected chi connectivity index (χ1v) is 8.16. The maximum atomic E-state index is 11.9. The van der Waals surface area contributed by atoms with Crippen LogP contribution in [0.25, 0.3) is 0 Å². The fraction of sp³-hybridized carbons (Fsp3) is 0.211. The highest BCUT2D eigenvalue weighted by atomic mass is 16.5. The van der Waals surface area contributed by atoms with Gasteiger partial charge in [0.25, 0.3) is 5.91 Å². The van der Waals surface area contributed by atoms with Crippen LogP contribution in [0.1, 0.15) is 15.9 Å². The summed E-state index contributed by atoms with van der Waals surface area (Å²) in [7, 11) is 4.27. The maximum absolute atomic E-state index is 11.9. The summed E-state index contributed by atoms with van der Waals surface area (Å²) in [5.41, 5.74) is 3.02. The van der Waals surface area contributed by atoms with Crippen LogP contribution in [0.4, 0.5) is 5.69 Å². The summed E-state index contributed by atoms with van der Waals surface area (Å²) >= 11 is 0. The van der Waals surface area contributed by atoms with E-state index in [0.29, 0.717) is 5.75 Å². The van der Waals surface area contributed by atoms with Gasteiger partial charge in [-0.25, -0.2) is 5.43 Å². The molecule has 0 saturated carbocycles. The second-order valence-electron chi connectivity index (χ2n) is 5.43. The molecule has 0 aliphatic rings. The first kappa shape index (κ1) is 20.6. The summed E-state index contributed by atoms with van der Waals surface area (Å²) < 4.78 is 15.2. The molecule has 1 amide bonds. The van der Waals surface area contributed by atoms with E-state index in [1.807, 2.05) is 0 Å². The number of carbonyl (C=O) groups is 2. The largest absolute Gasteiger partial charge is 0.545 e. The number of aromatic carboxylic acids is 1. The predicted octanol–water partition coefficient (Wildman–Crippen LogP) is 0.638. The third-order valence-electron chi connectivity index (χ3n) is 3.72. The van der Waals surface area contributed by atoms with Crippen LogP contribution >= 0.6 is 0 Å². The van der Waals surface area contributed by atoms with Gasteiger partial charge in [0.05, 0.1) is 45.6 Å². The molecule has 9 heteroatoms. The lowest BCUT2D eigenvalue weighted by atomic mass is 10.1. The van der Waals surface area contributed by atoms with Crippen molar-refractivity contribution in [3.05, 3.63) is 47.5 Å². The van der Waals surface area contributed by atoms with Crippen LogP contribution in [0.2, 0.25) is 0 Å². The van der Waals surface area contributed by atoms with Crippen LogP contribution < -0.4 is 30.1 Å². The molecule has 2 aromatic carbocycles. The highest BCUT2D eigenvalue weighted by Crippen LogP contribution is 2.32. The summed E-state index contributed by atoms with van der Waals surface area (Å²) in [5.74, 6) is -0.906. The van der Waals surface area contributed by atoms with E-state index in [-0.39, 0.29) is 29.2 Å². The van der Waals surface area contributed by atoms with Crippen LogP contribution in [0.5, 0.6) is 17.2 Å². The molecule has 0 aliphatic carbocycles. The van der Waals surface area contributed by atoms with Gasteiger partial charge in [-0.15, -0.1) is 0 Å². The van der Waals surface area contributed by atoms with Gasteiger partial charge in [0.1, 0.15) is 5.75 Å². The number of benzene rings is 2. The molecule has 0 heterocycles. The number of hydrogen-bond donors (Lipinski definition) is 2. The quantitative estimate of drug-likeness (QED) is 0.479. The van der Waals surface area contributed by atoms with Crippen molar-refractivity contribution in [3.63, 3.8) is 0 Å². The van der Waals surface area contributed by atoms with Crippen molar-refractivity contribution in [2.24, 2.45) is 5.10 Å². The first-order chi connectivity index (χ1) is 13.5. The predicted molar refractivity (Wildman–Crippen MR) is 101 cm³/mol. The summed E-state index contributed by atoms with van der Waals surface area (Å²) in [4.78, 5) is 23.3. The zero-order valence-corrected chi connectivity index (χ0v) is 15.6. The summed E-state index contributed by atoms with van der Waals surface area (Å²) in [6.45, 7) is -0.0249. The minimum absolute atomic E-state index is 0.0129. The van der Waals surface area contributed by atoms with Gasteiger partial charge < -0.3 is 29.4 Å². The van der Waals surface area contributed by atoms with E-state index in [4.69, 9.17) is 14.2 Å². The number of rotatable bonds is 9. The van der Waals surface area contributed by atoms with Crippen LogP contribution in [0, 0.1) is 0 Å². The number of methoxy groups -OCH3 is 3. The Morgan fingerprint density at radius 2 is 1.75 bits per heavy atom. The van der Waals surface area contributed by atoms with Crippen LogP contribution in [0.15, 0.2) is 41.5 Å². The van der Waals surface area contributed by atoms with Gasteiger partial charge in [0.15, 0.2) is 11.5 Å². The van der Waals surface area contributed by atoms with E-state index in [1.165, 1.54) is 32.6 Å². The molecule has 28 heavy (non-hydrogen) atoms. The molecule has 0 atom stereocenters. The van der Waals surface area contributed by atoms with Crippen molar-refractivity contribution >= 4 is 23.8 Å². The molecular weight excluding hydrogens is 366 g/mol. The smallest absolute Gasteiger partial charge is 0.259 e. The van der Waals surface area contributed by atoms with Crippen molar-refractivity contribution < 1.29 is 28.9 Å². The number of carboxylic acid groups (broad SMARTS) is 1. The van der Waals surface area contributed by atoms with Gasteiger partial charge in [0, 0.05) is 11.3 Å². The minimum atomic E-state index is -1.45. The van der Waals surface area contributed by atoms with Crippen molar-refractivity contribution in [1.82, 2.24) is 5.43 Å². The Bertz CT molecular complexity index is 865. The maximum Gasteiger partial charge on any atom is 0.259 e. The fourth-order valence-electron chi connectivity index (χ4n) is 2.36. The molecule has 2 N–H and O–H groups in total. The number of ether oxygens (including phenoxy) is 3. The van der Waals surface area contributed by atoms with E-state index in [2.05, 4.69) is 15.8 Å². The van der Waals surface area contributed by atoms with Crippen molar-refractivity contribution in [1.29, 1.82) is 0 Å². The van der Waals surface area contributed by atoms with Gasteiger partial charge in [-0.1, -0.05) is 0 Å². The van der Waals surface area contributed by atoms with E-state index in [9.17, 15) is 14.7 Å². The Kier molecular flexibility index (Phi) is 7.21. The van der Waals surface area contributed by atoms with Crippen molar-refractivity contribution in [2.75, 3.05) is 33.2 Å². The lowest BCUT2D eigenvalue weighted by molar-refractivity contribution is -0.255. The molecule has 9 nitrogen and oxygen atoms in total. The van der Waals surface area contributed by atoms with Gasteiger partial charge in [-0.2, -0.15) is 5.10 Å². The lowest BCUT2D eigenvalue weighted by Crippen LogP contribution is -2.27. The molecule has 0 fully saturated rings. The standard InChI is InChI=1S/C19H21N3O6/c1-26-14-7-5-13(6-8-14)20-11-16(23)22-21-10-12-4-9-15(27-2)18(28-3)17(12)19(24)25/h4-10,20H,11H2,1-3H3,(H,22,23)(H,24,25)/p-1/b21-10-. The van der Waals surface area contributed by atoms with Crippen LogP contribution in [-0.2, 0) is 4.79 Å². The fourth-order valence-corrected chi connectivity index (χ4v) is 2.36. The van der Waals surface area contributed by atoms with Crippen LogP contribution in [-0.4, -0.2) is 46.0 Å². The van der Waals surface area contributed by atoms with E-state index < -0.39 is 11.9 Å². The molecular formula is C19H20N3O6-. The summed E-state index contributed by atoms with van der Waals surface area (Å²) in [5, 5.41) is 18.2. The zero-order valence-electron chi connectivity index (χ0n) is 15.6. The van der Waals surface area contributed by atoms with Gasteiger partial charge in [0.2, 0.25) is 0 Å².